The van der Waals surface area contributed by atoms with Crippen LogP contribution < -0.4 is 15.5 Å². The number of hydrogen-bond acceptors (Lipinski definition) is 9. The molecule has 8 nitrogen and oxygen atoms in total. The summed E-state index contributed by atoms with van der Waals surface area (Å²) in [6, 6.07) is 1.26. The maximum Gasteiger partial charge on any atom is 0.308 e. The maximum atomic E-state index is 11.7. The first kappa shape index (κ1) is 17.2. The monoisotopic (exact) mass is 355 g/mol. The van der Waals surface area contributed by atoms with Gasteiger partial charge in [0.2, 0.25) is 22.2 Å². The Balaban J connectivity index is 1.96. The lowest BCUT2D eigenvalue weighted by atomic mass is 10.4. The van der Waals surface area contributed by atoms with Crippen molar-refractivity contribution < 1.29 is 18.7 Å². The highest BCUT2D eigenvalue weighted by Gasteiger charge is 2.10. The Bertz CT molecular complexity index is 771. The second-order valence-corrected chi connectivity index (χ2v) is 6.43. The van der Waals surface area contributed by atoms with Gasteiger partial charge in [-0.1, -0.05) is 30.0 Å². The van der Waals surface area contributed by atoms with E-state index in [1.54, 1.807) is 6.92 Å². The standard InChI is InChI=1S/C13H13N3O5S2/c1-3-11(19)14-12-15-16-13(23-12)22-6-8-4-9(18)10(5-20-8)21-7(2)17/h4-5H,3,6H2,1-2H3,(H,14,15,19). The first-order chi connectivity index (χ1) is 11.0. The van der Waals surface area contributed by atoms with Crippen molar-refractivity contribution in [3.63, 3.8) is 0 Å². The number of rotatable bonds is 6. The average molecular weight is 355 g/mol. The largest absolute Gasteiger partial charge is 0.464 e. The number of amides is 1. The minimum atomic E-state index is -0.588. The van der Waals surface area contributed by atoms with E-state index in [0.717, 1.165) is 6.26 Å². The number of esters is 1. The van der Waals surface area contributed by atoms with Crippen LogP contribution in [0, 0.1) is 0 Å². The predicted octanol–water partition coefficient (Wildman–Crippen LogP) is 2.06. The molecule has 0 aromatic carbocycles. The molecule has 0 spiro atoms. The second-order valence-electron chi connectivity index (χ2n) is 4.23. The zero-order valence-electron chi connectivity index (χ0n) is 12.3. The SMILES string of the molecule is CCC(=O)Nc1nnc(SCc2cc(=O)c(OC(C)=O)co2)s1. The van der Waals surface area contributed by atoms with E-state index in [9.17, 15) is 14.4 Å². The molecule has 0 aliphatic carbocycles. The summed E-state index contributed by atoms with van der Waals surface area (Å²) in [4.78, 5) is 33.8. The molecule has 0 fully saturated rings. The van der Waals surface area contributed by atoms with Crippen LogP contribution in [0.4, 0.5) is 5.13 Å². The molecule has 0 atom stereocenters. The predicted molar refractivity (Wildman–Crippen MR) is 84.7 cm³/mol. The molecule has 0 radical (unpaired) electrons. The van der Waals surface area contributed by atoms with E-state index in [2.05, 4.69) is 15.5 Å². The smallest absolute Gasteiger partial charge is 0.308 e. The molecule has 2 heterocycles. The molecule has 122 valence electrons. The highest BCUT2D eigenvalue weighted by Crippen LogP contribution is 2.28. The van der Waals surface area contributed by atoms with E-state index in [1.807, 2.05) is 0 Å². The van der Waals surface area contributed by atoms with Crippen molar-refractivity contribution in [2.24, 2.45) is 0 Å². The Morgan fingerprint density at radius 2 is 2.22 bits per heavy atom. The average Bonchev–Trinajstić information content (AvgIpc) is 2.94. The van der Waals surface area contributed by atoms with Crippen molar-refractivity contribution in [3.8, 4) is 5.75 Å². The topological polar surface area (TPSA) is 111 Å². The first-order valence-electron chi connectivity index (χ1n) is 6.54. The van der Waals surface area contributed by atoms with Gasteiger partial charge in [-0.05, 0) is 0 Å². The number of hydrogen-bond donors (Lipinski definition) is 1. The highest BCUT2D eigenvalue weighted by atomic mass is 32.2. The van der Waals surface area contributed by atoms with E-state index in [1.165, 1.54) is 36.1 Å². The van der Waals surface area contributed by atoms with Crippen LogP contribution in [0.3, 0.4) is 0 Å². The van der Waals surface area contributed by atoms with Gasteiger partial charge in [0.15, 0.2) is 4.34 Å². The lowest BCUT2D eigenvalue weighted by molar-refractivity contribution is -0.132. The number of anilines is 1. The molecule has 10 heteroatoms. The molecule has 1 amide bonds. The van der Waals surface area contributed by atoms with Crippen LogP contribution in [0.1, 0.15) is 26.0 Å². The molecule has 0 aliphatic heterocycles. The summed E-state index contributed by atoms with van der Waals surface area (Å²) in [6.45, 7) is 2.95. The third kappa shape index (κ3) is 5.18. The molecule has 1 N–H and O–H groups in total. The van der Waals surface area contributed by atoms with Crippen LogP contribution in [-0.2, 0) is 15.3 Å². The molecular weight excluding hydrogens is 342 g/mol. The Kier molecular flexibility index (Phi) is 5.88. The molecule has 0 saturated carbocycles. The van der Waals surface area contributed by atoms with E-state index in [0.29, 0.717) is 27.4 Å². The summed E-state index contributed by atoms with van der Waals surface area (Å²) in [5.41, 5.74) is -0.435. The van der Waals surface area contributed by atoms with Crippen LogP contribution >= 0.6 is 23.1 Å². The third-order valence-electron chi connectivity index (χ3n) is 2.42. The van der Waals surface area contributed by atoms with Gasteiger partial charge in [0.25, 0.3) is 0 Å². The van der Waals surface area contributed by atoms with E-state index < -0.39 is 11.4 Å². The molecule has 2 rings (SSSR count). The van der Waals surface area contributed by atoms with Crippen LogP contribution in [0.15, 0.2) is 25.9 Å². The molecule has 0 saturated heterocycles. The minimum absolute atomic E-state index is 0.134. The number of carbonyl (C=O) groups excluding carboxylic acids is 2. The normalized spacial score (nSPS) is 10.3. The van der Waals surface area contributed by atoms with Gasteiger partial charge in [0.1, 0.15) is 12.0 Å². The van der Waals surface area contributed by atoms with Crippen molar-refractivity contribution in [1.29, 1.82) is 0 Å². The number of carbonyl (C=O) groups is 2. The van der Waals surface area contributed by atoms with Gasteiger partial charge in [0.05, 0.1) is 5.75 Å². The number of ether oxygens (including phenoxy) is 1. The molecule has 2 aromatic heterocycles. The molecular formula is C13H13N3O5S2. The summed E-state index contributed by atoms with van der Waals surface area (Å²) < 4.78 is 10.6. The van der Waals surface area contributed by atoms with Crippen molar-refractivity contribution in [3.05, 3.63) is 28.3 Å². The highest BCUT2D eigenvalue weighted by molar-refractivity contribution is 8.00. The molecule has 23 heavy (non-hydrogen) atoms. The van der Waals surface area contributed by atoms with Gasteiger partial charge in [-0.3, -0.25) is 14.4 Å². The Labute approximate surface area is 139 Å². The maximum absolute atomic E-state index is 11.7. The number of nitrogens with zero attached hydrogens (tertiary/aromatic N) is 2. The molecule has 2 aromatic rings. The fourth-order valence-electron chi connectivity index (χ4n) is 1.40. The van der Waals surface area contributed by atoms with Gasteiger partial charge in [-0.15, -0.1) is 10.2 Å². The van der Waals surface area contributed by atoms with Gasteiger partial charge >= 0.3 is 5.97 Å². The zero-order chi connectivity index (χ0) is 16.8. The van der Waals surface area contributed by atoms with Crippen LogP contribution in [0.25, 0.3) is 0 Å². The quantitative estimate of drug-likeness (QED) is 0.476. The van der Waals surface area contributed by atoms with Gasteiger partial charge < -0.3 is 14.5 Å². The van der Waals surface area contributed by atoms with Gasteiger partial charge in [-0.2, -0.15) is 0 Å². The molecule has 0 bridgehead atoms. The van der Waals surface area contributed by atoms with E-state index in [-0.39, 0.29) is 11.7 Å². The molecule has 0 aliphatic rings. The number of aromatic nitrogens is 2. The Hall–Kier alpha value is -2.20. The van der Waals surface area contributed by atoms with Crippen LogP contribution in [0.5, 0.6) is 5.75 Å². The molecule has 0 unspecified atom stereocenters. The zero-order valence-corrected chi connectivity index (χ0v) is 14.0. The van der Waals surface area contributed by atoms with Gasteiger partial charge in [0, 0.05) is 19.4 Å². The van der Waals surface area contributed by atoms with Crippen molar-refractivity contribution in [2.75, 3.05) is 5.32 Å². The van der Waals surface area contributed by atoms with Crippen molar-refractivity contribution in [2.45, 2.75) is 30.4 Å². The lowest BCUT2D eigenvalue weighted by Gasteiger charge is -2.01. The number of thioether (sulfide) groups is 1. The Morgan fingerprint density at radius 1 is 1.43 bits per heavy atom. The second kappa shape index (κ2) is 7.88. The third-order valence-corrected chi connectivity index (χ3v) is 4.41. The summed E-state index contributed by atoms with van der Waals surface area (Å²) >= 11 is 2.54. The lowest BCUT2D eigenvalue weighted by Crippen LogP contribution is -2.11. The summed E-state index contributed by atoms with van der Waals surface area (Å²) in [6.07, 6.45) is 1.47. The van der Waals surface area contributed by atoms with Gasteiger partial charge in [-0.25, -0.2) is 0 Å². The summed E-state index contributed by atoms with van der Waals surface area (Å²) in [5, 5.41) is 10.8. The van der Waals surface area contributed by atoms with Crippen LogP contribution in [-0.4, -0.2) is 22.1 Å². The summed E-state index contributed by atoms with van der Waals surface area (Å²) in [5.74, 6) is -0.108. The van der Waals surface area contributed by atoms with E-state index >= 15 is 0 Å². The van der Waals surface area contributed by atoms with Crippen molar-refractivity contribution in [1.82, 2.24) is 10.2 Å². The Morgan fingerprint density at radius 3 is 2.87 bits per heavy atom. The fourth-order valence-corrected chi connectivity index (χ4v) is 3.06. The van der Waals surface area contributed by atoms with Crippen LogP contribution in [0.2, 0.25) is 0 Å². The first-order valence-corrected chi connectivity index (χ1v) is 8.34. The number of nitrogens with one attached hydrogen (secondary N) is 1. The summed E-state index contributed by atoms with van der Waals surface area (Å²) in [7, 11) is 0. The minimum Gasteiger partial charge on any atom is -0.464 e. The van der Waals surface area contributed by atoms with Crippen molar-refractivity contribution >= 4 is 40.1 Å². The van der Waals surface area contributed by atoms with E-state index in [4.69, 9.17) is 9.15 Å². The fraction of sp³-hybridized carbons (Fsp3) is 0.308.